The zero-order valence-electron chi connectivity index (χ0n) is 9.88. The quantitative estimate of drug-likeness (QED) is 0.798. The lowest BCUT2D eigenvalue weighted by molar-refractivity contribution is -0.121. The maximum absolute atomic E-state index is 11.8. The molecule has 0 saturated heterocycles. The molecule has 0 heterocycles. The summed E-state index contributed by atoms with van der Waals surface area (Å²) >= 11 is 9.38. The van der Waals surface area contributed by atoms with Crippen molar-refractivity contribution in [2.45, 2.75) is 32.2 Å². The topological polar surface area (TPSA) is 29.1 Å². The number of carbonyl (C=O) groups is 1. The summed E-state index contributed by atoms with van der Waals surface area (Å²) in [6.07, 6.45) is 2.39. The molecule has 0 aliphatic heterocycles. The molecule has 1 atom stereocenters. The Balaban J connectivity index is 2.42. The van der Waals surface area contributed by atoms with Crippen molar-refractivity contribution in [3.63, 3.8) is 0 Å². The smallest absolute Gasteiger partial charge is 0.224 e. The summed E-state index contributed by atoms with van der Waals surface area (Å²) < 4.78 is 0. The highest BCUT2D eigenvalue weighted by atomic mass is 79.9. The predicted molar refractivity (Wildman–Crippen MR) is 75.8 cm³/mol. The van der Waals surface area contributed by atoms with E-state index in [-0.39, 0.29) is 11.9 Å². The summed E-state index contributed by atoms with van der Waals surface area (Å²) in [5.74, 6) is 0.0279. The third kappa shape index (κ3) is 5.55. The second-order valence-corrected chi connectivity index (χ2v) is 5.27. The summed E-state index contributed by atoms with van der Waals surface area (Å²) in [5.41, 5.74) is 0.874. The number of alkyl halides is 1. The van der Waals surface area contributed by atoms with Gasteiger partial charge in [0, 0.05) is 16.4 Å². The lowest BCUT2D eigenvalue weighted by atomic mass is 10.1. The van der Waals surface area contributed by atoms with Crippen LogP contribution in [0.1, 0.15) is 25.3 Å². The van der Waals surface area contributed by atoms with Crippen molar-refractivity contribution in [2.75, 3.05) is 5.33 Å². The van der Waals surface area contributed by atoms with E-state index in [2.05, 4.69) is 21.2 Å². The van der Waals surface area contributed by atoms with Gasteiger partial charge in [-0.3, -0.25) is 4.79 Å². The molecular formula is C13H17BrClNO. The molecule has 1 rings (SSSR count). The lowest BCUT2D eigenvalue weighted by Gasteiger charge is -2.13. The molecule has 1 amide bonds. The van der Waals surface area contributed by atoms with Crippen LogP contribution in [0.5, 0.6) is 0 Å². The highest BCUT2D eigenvalue weighted by Crippen LogP contribution is 2.15. The van der Waals surface area contributed by atoms with Crippen molar-refractivity contribution in [1.29, 1.82) is 0 Å². The summed E-state index contributed by atoms with van der Waals surface area (Å²) in [7, 11) is 0. The van der Waals surface area contributed by atoms with E-state index in [9.17, 15) is 4.79 Å². The molecule has 1 N–H and O–H groups in total. The Morgan fingerprint density at radius 2 is 2.18 bits per heavy atom. The molecule has 0 aromatic heterocycles. The Bertz CT molecular complexity index is 370. The van der Waals surface area contributed by atoms with Crippen molar-refractivity contribution in [3.05, 3.63) is 34.9 Å². The van der Waals surface area contributed by atoms with Gasteiger partial charge in [-0.2, -0.15) is 0 Å². The van der Waals surface area contributed by atoms with Crippen LogP contribution in [-0.4, -0.2) is 17.3 Å². The molecule has 94 valence electrons. The van der Waals surface area contributed by atoms with Gasteiger partial charge in [0.05, 0.1) is 6.42 Å². The number of hydrogen-bond acceptors (Lipinski definition) is 1. The van der Waals surface area contributed by atoms with Crippen LogP contribution in [0.3, 0.4) is 0 Å². The third-order valence-corrected chi connectivity index (χ3v) is 3.42. The molecule has 1 aromatic rings. The Hall–Kier alpha value is -0.540. The molecule has 0 spiro atoms. The number of halogens is 2. The zero-order chi connectivity index (χ0) is 12.7. The molecule has 0 bridgehead atoms. The van der Waals surface area contributed by atoms with E-state index >= 15 is 0 Å². The van der Waals surface area contributed by atoms with E-state index in [1.54, 1.807) is 6.07 Å². The highest BCUT2D eigenvalue weighted by Gasteiger charge is 2.09. The van der Waals surface area contributed by atoms with E-state index in [0.29, 0.717) is 11.4 Å². The first-order valence-electron chi connectivity index (χ1n) is 5.72. The van der Waals surface area contributed by atoms with E-state index < -0.39 is 0 Å². The van der Waals surface area contributed by atoms with Gasteiger partial charge in [-0.05, 0) is 31.4 Å². The molecular weight excluding hydrogens is 302 g/mol. The van der Waals surface area contributed by atoms with Gasteiger partial charge in [0.15, 0.2) is 0 Å². The molecule has 0 radical (unpaired) electrons. The van der Waals surface area contributed by atoms with Crippen LogP contribution in [0.4, 0.5) is 0 Å². The Morgan fingerprint density at radius 3 is 2.82 bits per heavy atom. The van der Waals surface area contributed by atoms with Crippen LogP contribution < -0.4 is 5.32 Å². The summed E-state index contributed by atoms with van der Waals surface area (Å²) in [6.45, 7) is 2.02. The van der Waals surface area contributed by atoms with Crippen molar-refractivity contribution in [3.8, 4) is 0 Å². The van der Waals surface area contributed by atoms with Crippen molar-refractivity contribution in [2.24, 2.45) is 0 Å². The minimum Gasteiger partial charge on any atom is -0.353 e. The lowest BCUT2D eigenvalue weighted by Crippen LogP contribution is -2.33. The minimum absolute atomic E-state index is 0.0279. The third-order valence-electron chi connectivity index (χ3n) is 2.49. The van der Waals surface area contributed by atoms with Crippen molar-refractivity contribution in [1.82, 2.24) is 5.32 Å². The average Bonchev–Trinajstić information content (AvgIpc) is 2.29. The summed E-state index contributed by atoms with van der Waals surface area (Å²) in [5, 5.41) is 4.59. The number of amides is 1. The standard InChI is InChI=1S/C13H17BrClNO/c1-10(5-4-8-14)16-13(17)9-11-6-2-3-7-12(11)15/h2-3,6-7,10H,4-5,8-9H2,1H3,(H,16,17). The van der Waals surface area contributed by atoms with Crippen LogP contribution in [0, 0.1) is 0 Å². The summed E-state index contributed by atoms with van der Waals surface area (Å²) in [6, 6.07) is 7.65. The number of carbonyl (C=O) groups excluding carboxylic acids is 1. The number of benzene rings is 1. The summed E-state index contributed by atoms with van der Waals surface area (Å²) in [4.78, 5) is 11.8. The second-order valence-electron chi connectivity index (χ2n) is 4.07. The molecule has 0 aliphatic rings. The molecule has 1 aromatic carbocycles. The van der Waals surface area contributed by atoms with E-state index in [0.717, 1.165) is 23.7 Å². The number of nitrogens with one attached hydrogen (secondary N) is 1. The average molecular weight is 319 g/mol. The van der Waals surface area contributed by atoms with Gasteiger partial charge in [-0.15, -0.1) is 0 Å². The largest absolute Gasteiger partial charge is 0.353 e. The van der Waals surface area contributed by atoms with Crippen LogP contribution in [0.15, 0.2) is 24.3 Å². The Kier molecular flexibility index (Phi) is 6.60. The first-order chi connectivity index (χ1) is 8.13. The number of rotatable bonds is 6. The predicted octanol–water partition coefficient (Wildman–Crippen LogP) is 3.56. The van der Waals surface area contributed by atoms with Crippen molar-refractivity contribution < 1.29 is 4.79 Å². The highest BCUT2D eigenvalue weighted by molar-refractivity contribution is 9.09. The molecule has 0 aliphatic carbocycles. The zero-order valence-corrected chi connectivity index (χ0v) is 12.2. The van der Waals surface area contributed by atoms with Gasteiger partial charge in [-0.25, -0.2) is 0 Å². The van der Waals surface area contributed by atoms with Crippen LogP contribution in [0.2, 0.25) is 5.02 Å². The molecule has 0 saturated carbocycles. The van der Waals surface area contributed by atoms with E-state index in [1.807, 2.05) is 25.1 Å². The van der Waals surface area contributed by atoms with Gasteiger partial charge in [0.2, 0.25) is 5.91 Å². The number of hydrogen-bond donors (Lipinski definition) is 1. The van der Waals surface area contributed by atoms with Gasteiger partial charge >= 0.3 is 0 Å². The second kappa shape index (κ2) is 7.72. The first kappa shape index (κ1) is 14.5. The van der Waals surface area contributed by atoms with Gasteiger partial charge < -0.3 is 5.32 Å². The maximum Gasteiger partial charge on any atom is 0.224 e. The fourth-order valence-electron chi connectivity index (χ4n) is 1.60. The van der Waals surface area contributed by atoms with E-state index in [4.69, 9.17) is 11.6 Å². The fourth-order valence-corrected chi connectivity index (χ4v) is 2.12. The van der Waals surface area contributed by atoms with Crippen LogP contribution in [0.25, 0.3) is 0 Å². The minimum atomic E-state index is 0.0279. The van der Waals surface area contributed by atoms with Crippen molar-refractivity contribution >= 4 is 33.4 Å². The van der Waals surface area contributed by atoms with Gasteiger partial charge in [0.25, 0.3) is 0 Å². The van der Waals surface area contributed by atoms with Gasteiger partial charge in [0.1, 0.15) is 0 Å². The SMILES string of the molecule is CC(CCCBr)NC(=O)Cc1ccccc1Cl. The maximum atomic E-state index is 11.8. The molecule has 0 fully saturated rings. The molecule has 2 nitrogen and oxygen atoms in total. The Labute approximate surface area is 116 Å². The normalized spacial score (nSPS) is 12.2. The fraction of sp³-hybridized carbons (Fsp3) is 0.462. The van der Waals surface area contributed by atoms with Crippen LogP contribution >= 0.6 is 27.5 Å². The monoisotopic (exact) mass is 317 g/mol. The van der Waals surface area contributed by atoms with Gasteiger partial charge in [-0.1, -0.05) is 45.7 Å². The first-order valence-corrected chi connectivity index (χ1v) is 7.22. The van der Waals surface area contributed by atoms with E-state index in [1.165, 1.54) is 0 Å². The molecule has 17 heavy (non-hydrogen) atoms. The molecule has 1 unspecified atom stereocenters. The van der Waals surface area contributed by atoms with Crippen LogP contribution in [-0.2, 0) is 11.2 Å². The Morgan fingerprint density at radius 1 is 1.47 bits per heavy atom. The molecule has 4 heteroatoms.